The Morgan fingerprint density at radius 1 is 1.46 bits per heavy atom. The first-order chi connectivity index (χ1) is 6.07. The summed E-state index contributed by atoms with van der Waals surface area (Å²) >= 11 is 0. The molecule has 1 aliphatic carbocycles. The summed E-state index contributed by atoms with van der Waals surface area (Å²) in [6.07, 6.45) is 4.46. The molecule has 1 fully saturated rings. The van der Waals surface area contributed by atoms with Crippen molar-refractivity contribution in [2.75, 3.05) is 0 Å². The van der Waals surface area contributed by atoms with Gasteiger partial charge in [-0.15, -0.1) is 0 Å². The van der Waals surface area contributed by atoms with Gasteiger partial charge in [0.15, 0.2) is 0 Å². The Hall–Kier alpha value is -0.570. The molecule has 0 heterocycles. The molecule has 0 radical (unpaired) electrons. The number of hydrogen-bond acceptors (Lipinski definition) is 2. The zero-order valence-corrected chi connectivity index (χ0v) is 8.12. The maximum Gasteiger partial charge on any atom is 0.309 e. The minimum absolute atomic E-state index is 0.378. The van der Waals surface area contributed by atoms with Crippen LogP contribution in [0.4, 0.5) is 0 Å². The molecule has 1 unspecified atom stereocenters. The lowest BCUT2D eigenvalue weighted by Gasteiger charge is -2.24. The molecule has 0 aromatic carbocycles. The van der Waals surface area contributed by atoms with E-state index in [1.807, 2.05) is 0 Å². The molecule has 1 atom stereocenters. The van der Waals surface area contributed by atoms with Gasteiger partial charge in [0.2, 0.25) is 0 Å². The molecule has 1 aliphatic rings. The smallest absolute Gasteiger partial charge is 0.309 e. The molecular weight excluding hydrogens is 168 g/mol. The Morgan fingerprint density at radius 3 is 2.38 bits per heavy atom. The highest BCUT2D eigenvalue weighted by Crippen LogP contribution is 2.42. The van der Waals surface area contributed by atoms with Crippen LogP contribution in [0.25, 0.3) is 0 Å². The van der Waals surface area contributed by atoms with Crippen LogP contribution in [0.15, 0.2) is 0 Å². The van der Waals surface area contributed by atoms with Crippen molar-refractivity contribution in [2.45, 2.75) is 51.6 Å². The van der Waals surface area contributed by atoms with E-state index in [0.717, 1.165) is 25.7 Å². The highest BCUT2D eigenvalue weighted by atomic mass is 16.4. The summed E-state index contributed by atoms with van der Waals surface area (Å²) in [5, 5.41) is 18.2. The zero-order valence-electron chi connectivity index (χ0n) is 8.12. The molecule has 0 spiro atoms. The van der Waals surface area contributed by atoms with E-state index in [1.54, 1.807) is 6.92 Å². The molecule has 3 nitrogen and oxygen atoms in total. The number of carboxylic acids is 1. The zero-order chi connectivity index (χ0) is 9.90. The lowest BCUT2D eigenvalue weighted by atomic mass is 9.81. The SMILES string of the molecule is CC(O)CCC1(C(=O)O)CCCC1. The number of aliphatic carboxylic acids is 1. The van der Waals surface area contributed by atoms with Crippen LogP contribution < -0.4 is 0 Å². The molecule has 3 heteroatoms. The minimum Gasteiger partial charge on any atom is -0.481 e. The van der Waals surface area contributed by atoms with Gasteiger partial charge >= 0.3 is 5.97 Å². The van der Waals surface area contributed by atoms with Crippen molar-refractivity contribution in [3.05, 3.63) is 0 Å². The molecule has 0 aromatic rings. The average Bonchev–Trinajstić information content (AvgIpc) is 2.50. The molecular formula is C10H18O3. The largest absolute Gasteiger partial charge is 0.481 e. The van der Waals surface area contributed by atoms with Crippen LogP contribution in [0.3, 0.4) is 0 Å². The van der Waals surface area contributed by atoms with Gasteiger partial charge in [0.1, 0.15) is 0 Å². The first kappa shape index (κ1) is 10.5. The van der Waals surface area contributed by atoms with Crippen molar-refractivity contribution < 1.29 is 15.0 Å². The molecule has 0 saturated heterocycles. The van der Waals surface area contributed by atoms with Gasteiger partial charge in [-0.2, -0.15) is 0 Å². The second-order valence-corrected chi connectivity index (χ2v) is 4.18. The van der Waals surface area contributed by atoms with Crippen molar-refractivity contribution in [3.63, 3.8) is 0 Å². The van der Waals surface area contributed by atoms with Crippen molar-refractivity contribution in [2.24, 2.45) is 5.41 Å². The highest BCUT2D eigenvalue weighted by molar-refractivity contribution is 5.74. The van der Waals surface area contributed by atoms with Crippen LogP contribution in [-0.2, 0) is 4.79 Å². The summed E-state index contributed by atoms with van der Waals surface area (Å²) in [7, 11) is 0. The van der Waals surface area contributed by atoms with Crippen LogP contribution in [0.1, 0.15) is 45.4 Å². The Morgan fingerprint density at radius 2 is 2.00 bits per heavy atom. The molecule has 0 amide bonds. The molecule has 0 bridgehead atoms. The van der Waals surface area contributed by atoms with Gasteiger partial charge in [-0.3, -0.25) is 4.79 Å². The van der Waals surface area contributed by atoms with Crippen LogP contribution >= 0.6 is 0 Å². The number of aliphatic hydroxyl groups is 1. The average molecular weight is 186 g/mol. The predicted octanol–water partition coefficient (Wildman–Crippen LogP) is 1.79. The van der Waals surface area contributed by atoms with Gasteiger partial charge < -0.3 is 10.2 Å². The van der Waals surface area contributed by atoms with Gasteiger partial charge in [0.05, 0.1) is 11.5 Å². The Balaban J connectivity index is 2.52. The summed E-state index contributed by atoms with van der Waals surface area (Å²) in [5.41, 5.74) is -0.517. The molecule has 0 aliphatic heterocycles. The highest BCUT2D eigenvalue weighted by Gasteiger charge is 2.40. The van der Waals surface area contributed by atoms with E-state index in [-0.39, 0.29) is 6.10 Å². The standard InChI is InChI=1S/C10H18O3/c1-8(11)4-7-10(9(12)13)5-2-3-6-10/h8,11H,2-7H2,1H3,(H,12,13). The van der Waals surface area contributed by atoms with E-state index in [9.17, 15) is 4.79 Å². The Bertz CT molecular complexity index is 181. The van der Waals surface area contributed by atoms with Crippen molar-refractivity contribution in [1.82, 2.24) is 0 Å². The van der Waals surface area contributed by atoms with E-state index in [0.29, 0.717) is 12.8 Å². The van der Waals surface area contributed by atoms with Crippen molar-refractivity contribution in [3.8, 4) is 0 Å². The molecule has 1 saturated carbocycles. The van der Waals surface area contributed by atoms with Crippen LogP contribution in [0.2, 0.25) is 0 Å². The van der Waals surface area contributed by atoms with E-state index < -0.39 is 11.4 Å². The Labute approximate surface area is 78.8 Å². The van der Waals surface area contributed by atoms with E-state index in [2.05, 4.69) is 0 Å². The fourth-order valence-electron chi connectivity index (χ4n) is 2.11. The van der Waals surface area contributed by atoms with Crippen LogP contribution in [0, 0.1) is 5.41 Å². The topological polar surface area (TPSA) is 57.5 Å². The number of rotatable bonds is 4. The monoisotopic (exact) mass is 186 g/mol. The number of hydrogen-bond donors (Lipinski definition) is 2. The Kier molecular flexibility index (Phi) is 3.31. The van der Waals surface area contributed by atoms with E-state index >= 15 is 0 Å². The van der Waals surface area contributed by atoms with E-state index in [1.165, 1.54) is 0 Å². The fourth-order valence-corrected chi connectivity index (χ4v) is 2.11. The summed E-state index contributed by atoms with van der Waals surface area (Å²) in [6.45, 7) is 1.71. The molecule has 1 rings (SSSR count). The first-order valence-electron chi connectivity index (χ1n) is 4.98. The predicted molar refractivity (Wildman–Crippen MR) is 49.5 cm³/mol. The minimum atomic E-state index is -0.675. The fraction of sp³-hybridized carbons (Fsp3) is 0.900. The second kappa shape index (κ2) is 4.09. The number of carboxylic acid groups (broad SMARTS) is 1. The number of carbonyl (C=O) groups is 1. The van der Waals surface area contributed by atoms with Gasteiger partial charge in [0, 0.05) is 0 Å². The second-order valence-electron chi connectivity index (χ2n) is 4.18. The lowest BCUT2D eigenvalue weighted by molar-refractivity contribution is -0.149. The third-order valence-electron chi connectivity index (χ3n) is 3.06. The van der Waals surface area contributed by atoms with Gasteiger partial charge in [-0.05, 0) is 32.6 Å². The first-order valence-corrected chi connectivity index (χ1v) is 4.98. The van der Waals surface area contributed by atoms with Gasteiger partial charge in [-0.1, -0.05) is 12.8 Å². The normalized spacial score (nSPS) is 22.9. The quantitative estimate of drug-likeness (QED) is 0.703. The third-order valence-corrected chi connectivity index (χ3v) is 3.06. The van der Waals surface area contributed by atoms with Crippen molar-refractivity contribution in [1.29, 1.82) is 0 Å². The van der Waals surface area contributed by atoms with Gasteiger partial charge in [0.25, 0.3) is 0 Å². The van der Waals surface area contributed by atoms with Crippen LogP contribution in [-0.4, -0.2) is 22.3 Å². The summed E-state index contributed by atoms with van der Waals surface area (Å²) in [4.78, 5) is 11.1. The van der Waals surface area contributed by atoms with E-state index in [4.69, 9.17) is 10.2 Å². The number of aliphatic hydroxyl groups excluding tert-OH is 1. The molecule has 2 N–H and O–H groups in total. The summed E-state index contributed by atoms with van der Waals surface area (Å²) < 4.78 is 0. The molecule has 13 heavy (non-hydrogen) atoms. The van der Waals surface area contributed by atoms with Crippen molar-refractivity contribution >= 4 is 5.97 Å². The maximum atomic E-state index is 11.1. The van der Waals surface area contributed by atoms with Crippen LogP contribution in [0.5, 0.6) is 0 Å². The molecule has 76 valence electrons. The maximum absolute atomic E-state index is 11.1. The van der Waals surface area contributed by atoms with Gasteiger partial charge in [-0.25, -0.2) is 0 Å². The third kappa shape index (κ3) is 2.44. The summed E-state index contributed by atoms with van der Waals surface area (Å²) in [6, 6.07) is 0. The molecule has 0 aromatic heterocycles. The lowest BCUT2D eigenvalue weighted by Crippen LogP contribution is -2.28. The summed E-state index contributed by atoms with van der Waals surface area (Å²) in [5.74, 6) is -0.675.